The summed E-state index contributed by atoms with van der Waals surface area (Å²) in [5, 5.41) is 2.83. The van der Waals surface area contributed by atoms with Gasteiger partial charge >= 0.3 is 5.97 Å². The summed E-state index contributed by atoms with van der Waals surface area (Å²) in [5.41, 5.74) is 4.43. The summed E-state index contributed by atoms with van der Waals surface area (Å²) >= 11 is 0. The van der Waals surface area contributed by atoms with Crippen molar-refractivity contribution in [3.8, 4) is 0 Å². The molecule has 1 amide bonds. The van der Waals surface area contributed by atoms with Crippen LogP contribution in [0.25, 0.3) is 5.65 Å². The van der Waals surface area contributed by atoms with Crippen molar-refractivity contribution >= 4 is 23.2 Å². The van der Waals surface area contributed by atoms with Crippen LogP contribution in [0.5, 0.6) is 0 Å². The fraction of sp³-hybridized carbons (Fsp3) is 0.250. The first-order valence-corrected chi connectivity index (χ1v) is 8.39. The van der Waals surface area contributed by atoms with Gasteiger partial charge in [-0.25, -0.2) is 9.78 Å². The molecule has 0 radical (unpaired) electrons. The van der Waals surface area contributed by atoms with Crippen molar-refractivity contribution in [1.82, 2.24) is 9.38 Å². The summed E-state index contributed by atoms with van der Waals surface area (Å²) in [4.78, 5) is 29.0. The highest BCUT2D eigenvalue weighted by atomic mass is 16.5. The van der Waals surface area contributed by atoms with E-state index in [2.05, 4.69) is 10.3 Å². The molecule has 1 aromatic carbocycles. The number of anilines is 1. The van der Waals surface area contributed by atoms with E-state index in [9.17, 15) is 9.59 Å². The van der Waals surface area contributed by atoms with Gasteiger partial charge in [0.2, 0.25) is 0 Å². The number of esters is 1. The molecule has 2 heterocycles. The third-order valence-corrected chi connectivity index (χ3v) is 4.29. The van der Waals surface area contributed by atoms with Crippen LogP contribution < -0.4 is 5.32 Å². The minimum absolute atomic E-state index is 0.172. The van der Waals surface area contributed by atoms with Crippen LogP contribution in [0.3, 0.4) is 0 Å². The summed E-state index contributed by atoms with van der Waals surface area (Å²) in [7, 11) is 0. The number of rotatable bonds is 4. The monoisotopic (exact) mass is 351 g/mol. The topological polar surface area (TPSA) is 72.7 Å². The zero-order valence-corrected chi connectivity index (χ0v) is 15.2. The van der Waals surface area contributed by atoms with E-state index in [0.717, 1.165) is 22.5 Å². The number of aryl methyl sites for hydroxylation is 3. The van der Waals surface area contributed by atoms with Gasteiger partial charge < -0.3 is 14.5 Å². The Kier molecular flexibility index (Phi) is 4.75. The molecule has 0 bridgehead atoms. The number of nitrogens with zero attached hydrogens (tertiary/aromatic N) is 2. The maximum absolute atomic E-state index is 12.4. The van der Waals surface area contributed by atoms with E-state index in [1.807, 2.05) is 51.1 Å². The lowest BCUT2D eigenvalue weighted by Crippen LogP contribution is -2.30. The predicted molar refractivity (Wildman–Crippen MR) is 99.4 cm³/mol. The smallest absolute Gasteiger partial charge is 0.359 e. The molecule has 0 saturated heterocycles. The van der Waals surface area contributed by atoms with E-state index in [-0.39, 0.29) is 11.6 Å². The van der Waals surface area contributed by atoms with Gasteiger partial charge in [0.1, 0.15) is 5.65 Å². The number of amides is 1. The average molecular weight is 351 g/mol. The van der Waals surface area contributed by atoms with E-state index in [1.165, 1.54) is 0 Å². The second-order valence-corrected chi connectivity index (χ2v) is 6.33. The first-order valence-electron chi connectivity index (χ1n) is 8.39. The summed E-state index contributed by atoms with van der Waals surface area (Å²) in [5.74, 6) is -1.01. The number of aromatic nitrogens is 2. The summed E-state index contributed by atoms with van der Waals surface area (Å²) in [6, 6.07) is 11.4. The van der Waals surface area contributed by atoms with Crippen molar-refractivity contribution in [2.75, 3.05) is 5.32 Å². The van der Waals surface area contributed by atoms with E-state index < -0.39 is 12.1 Å². The average Bonchev–Trinajstić information content (AvgIpc) is 3.04. The molecule has 0 aliphatic rings. The lowest BCUT2D eigenvalue weighted by Gasteiger charge is -2.15. The minimum atomic E-state index is -0.938. The van der Waals surface area contributed by atoms with E-state index in [1.54, 1.807) is 23.6 Å². The molecular weight excluding hydrogens is 330 g/mol. The second kappa shape index (κ2) is 7.00. The Balaban J connectivity index is 1.72. The third kappa shape index (κ3) is 3.44. The number of fused-ring (bicyclic) bond motifs is 1. The molecule has 1 atom stereocenters. The van der Waals surface area contributed by atoms with Gasteiger partial charge in [-0.3, -0.25) is 4.79 Å². The Hall–Kier alpha value is -3.15. The van der Waals surface area contributed by atoms with Crippen LogP contribution in [0.1, 0.15) is 34.2 Å². The van der Waals surface area contributed by atoms with E-state index >= 15 is 0 Å². The number of ether oxygens (including phenoxy) is 1. The largest absolute Gasteiger partial charge is 0.448 e. The number of imidazole rings is 1. The molecule has 6 nitrogen and oxygen atoms in total. The van der Waals surface area contributed by atoms with Crippen LogP contribution in [0.2, 0.25) is 0 Å². The Morgan fingerprint density at radius 2 is 1.73 bits per heavy atom. The van der Waals surface area contributed by atoms with Crippen molar-refractivity contribution in [2.24, 2.45) is 0 Å². The summed E-state index contributed by atoms with van der Waals surface area (Å²) in [6.07, 6.45) is 0.677. The van der Waals surface area contributed by atoms with Crippen molar-refractivity contribution in [2.45, 2.75) is 33.8 Å². The normalized spacial score (nSPS) is 12.0. The quantitative estimate of drug-likeness (QED) is 0.731. The van der Waals surface area contributed by atoms with Gasteiger partial charge in [0.05, 0.1) is 0 Å². The standard InChI is InChI=1S/C20H21N3O3/c1-12-7-5-8-13(2)18(12)22-19(24)15(4)26-20(25)16-11-23-14(3)9-6-10-17(23)21-16/h5-11,15H,1-4H3,(H,22,24)/t15-/m1/s1. The Bertz CT molecular complexity index is 971. The van der Waals surface area contributed by atoms with Crippen LogP contribution in [0.15, 0.2) is 42.6 Å². The lowest BCUT2D eigenvalue weighted by atomic mass is 10.1. The van der Waals surface area contributed by atoms with Gasteiger partial charge in [-0.05, 0) is 51.0 Å². The van der Waals surface area contributed by atoms with Gasteiger partial charge in [-0.15, -0.1) is 0 Å². The van der Waals surface area contributed by atoms with Crippen LogP contribution in [0, 0.1) is 20.8 Å². The number of hydrogen-bond donors (Lipinski definition) is 1. The number of carbonyl (C=O) groups excluding carboxylic acids is 2. The highest BCUT2D eigenvalue weighted by molar-refractivity contribution is 5.97. The molecule has 6 heteroatoms. The number of carbonyl (C=O) groups is 2. The molecule has 26 heavy (non-hydrogen) atoms. The molecule has 0 saturated carbocycles. The fourth-order valence-corrected chi connectivity index (χ4v) is 2.76. The molecule has 0 fully saturated rings. The molecular formula is C20H21N3O3. The van der Waals surface area contributed by atoms with Crippen LogP contribution in [-0.4, -0.2) is 27.4 Å². The van der Waals surface area contributed by atoms with Crippen molar-refractivity contribution in [3.05, 3.63) is 65.1 Å². The molecule has 3 rings (SSSR count). The zero-order valence-electron chi connectivity index (χ0n) is 15.2. The van der Waals surface area contributed by atoms with Crippen LogP contribution in [-0.2, 0) is 9.53 Å². The number of benzene rings is 1. The summed E-state index contributed by atoms with van der Waals surface area (Å²) in [6.45, 7) is 7.29. The van der Waals surface area contributed by atoms with Crippen molar-refractivity contribution in [3.63, 3.8) is 0 Å². The van der Waals surface area contributed by atoms with E-state index in [4.69, 9.17) is 4.74 Å². The molecule has 3 aromatic rings. The number of nitrogens with one attached hydrogen (secondary N) is 1. The first kappa shape index (κ1) is 17.7. The molecule has 0 aliphatic heterocycles. The fourth-order valence-electron chi connectivity index (χ4n) is 2.76. The third-order valence-electron chi connectivity index (χ3n) is 4.29. The predicted octanol–water partition coefficient (Wildman–Crippen LogP) is 3.44. The molecule has 0 spiro atoms. The Morgan fingerprint density at radius 1 is 1.08 bits per heavy atom. The number of hydrogen-bond acceptors (Lipinski definition) is 4. The van der Waals surface area contributed by atoms with Gasteiger partial charge in [-0.2, -0.15) is 0 Å². The lowest BCUT2D eigenvalue weighted by molar-refractivity contribution is -0.123. The minimum Gasteiger partial charge on any atom is -0.448 e. The maximum atomic E-state index is 12.4. The molecule has 134 valence electrons. The van der Waals surface area contributed by atoms with Gasteiger partial charge in [-0.1, -0.05) is 24.3 Å². The first-order chi connectivity index (χ1) is 12.4. The SMILES string of the molecule is Cc1cccc(C)c1NC(=O)[C@@H](C)OC(=O)c1cn2c(C)cccc2n1. The van der Waals surface area contributed by atoms with Gasteiger partial charge in [0, 0.05) is 17.6 Å². The van der Waals surface area contributed by atoms with Gasteiger partial charge in [0.15, 0.2) is 11.8 Å². The highest BCUT2D eigenvalue weighted by Crippen LogP contribution is 2.20. The molecule has 0 aliphatic carbocycles. The molecule has 2 aromatic heterocycles. The Morgan fingerprint density at radius 3 is 2.38 bits per heavy atom. The number of pyridine rings is 1. The molecule has 0 unspecified atom stereocenters. The molecule has 1 N–H and O–H groups in total. The number of para-hydroxylation sites is 1. The zero-order chi connectivity index (χ0) is 18.8. The maximum Gasteiger partial charge on any atom is 0.359 e. The highest BCUT2D eigenvalue weighted by Gasteiger charge is 2.22. The van der Waals surface area contributed by atoms with Crippen molar-refractivity contribution < 1.29 is 14.3 Å². The summed E-state index contributed by atoms with van der Waals surface area (Å²) < 4.78 is 7.10. The second-order valence-electron chi connectivity index (χ2n) is 6.33. The van der Waals surface area contributed by atoms with E-state index in [0.29, 0.717) is 5.65 Å². The van der Waals surface area contributed by atoms with Crippen LogP contribution >= 0.6 is 0 Å². The Labute approximate surface area is 151 Å². The van der Waals surface area contributed by atoms with Crippen LogP contribution in [0.4, 0.5) is 5.69 Å². The van der Waals surface area contributed by atoms with Gasteiger partial charge in [0.25, 0.3) is 5.91 Å². The van der Waals surface area contributed by atoms with Crippen molar-refractivity contribution in [1.29, 1.82) is 0 Å².